The van der Waals surface area contributed by atoms with Gasteiger partial charge in [0.25, 0.3) is 0 Å². The van der Waals surface area contributed by atoms with Crippen LogP contribution in [0.15, 0.2) is 59.5 Å². The summed E-state index contributed by atoms with van der Waals surface area (Å²) < 4.78 is 13.3. The molecule has 2 atom stereocenters. The molecule has 0 heterocycles. The van der Waals surface area contributed by atoms with Crippen molar-refractivity contribution in [3.63, 3.8) is 0 Å². The van der Waals surface area contributed by atoms with Crippen LogP contribution in [0.5, 0.6) is 0 Å². The van der Waals surface area contributed by atoms with Crippen LogP contribution in [0.25, 0.3) is 0 Å². The third kappa shape index (κ3) is 3.84. The lowest BCUT2D eigenvalue weighted by Gasteiger charge is -2.26. The summed E-state index contributed by atoms with van der Waals surface area (Å²) in [6, 6.07) is 17.5. The molecule has 2 rings (SSSR count). The molecule has 2 aromatic carbocycles. The fraction of sp³-hybridized carbons (Fsp3) is 0.294. The van der Waals surface area contributed by atoms with Gasteiger partial charge in [-0.15, -0.1) is 11.8 Å². The van der Waals surface area contributed by atoms with Gasteiger partial charge in [-0.2, -0.15) is 0 Å². The standard InChI is InChI=1S/C17H20FNS/c1-3-16(20-15-11-7-10-14(18)12-15)17(19-2)13-8-5-4-6-9-13/h4-12,16-17,19H,3H2,1-2H3. The van der Waals surface area contributed by atoms with Crippen molar-refractivity contribution in [2.75, 3.05) is 7.05 Å². The number of nitrogens with one attached hydrogen (secondary N) is 1. The average Bonchev–Trinajstić information content (AvgIpc) is 2.48. The van der Waals surface area contributed by atoms with E-state index in [2.05, 4.69) is 36.5 Å². The first-order valence-electron chi connectivity index (χ1n) is 6.89. The molecule has 20 heavy (non-hydrogen) atoms. The lowest BCUT2D eigenvalue weighted by Crippen LogP contribution is -2.26. The highest BCUT2D eigenvalue weighted by Gasteiger charge is 2.21. The molecule has 0 spiro atoms. The average molecular weight is 289 g/mol. The molecule has 3 heteroatoms. The molecule has 0 radical (unpaired) electrons. The normalized spacial score (nSPS) is 13.9. The van der Waals surface area contributed by atoms with Gasteiger partial charge in [0, 0.05) is 16.2 Å². The molecule has 0 aliphatic heterocycles. The van der Waals surface area contributed by atoms with E-state index < -0.39 is 0 Å². The van der Waals surface area contributed by atoms with Gasteiger partial charge in [-0.05, 0) is 37.2 Å². The molecule has 0 aromatic heterocycles. The van der Waals surface area contributed by atoms with Crippen molar-refractivity contribution < 1.29 is 4.39 Å². The summed E-state index contributed by atoms with van der Waals surface area (Å²) in [5.74, 6) is -0.175. The summed E-state index contributed by atoms with van der Waals surface area (Å²) in [6.07, 6.45) is 1.02. The summed E-state index contributed by atoms with van der Waals surface area (Å²) in [5.41, 5.74) is 1.27. The van der Waals surface area contributed by atoms with Crippen LogP contribution in [0.3, 0.4) is 0 Å². The molecular weight excluding hydrogens is 269 g/mol. The molecule has 0 bridgehead atoms. The molecule has 0 amide bonds. The van der Waals surface area contributed by atoms with Crippen molar-refractivity contribution in [3.8, 4) is 0 Å². The predicted molar refractivity (Wildman–Crippen MR) is 84.6 cm³/mol. The van der Waals surface area contributed by atoms with Gasteiger partial charge in [-0.25, -0.2) is 4.39 Å². The highest BCUT2D eigenvalue weighted by atomic mass is 32.2. The van der Waals surface area contributed by atoms with Crippen molar-refractivity contribution in [1.29, 1.82) is 0 Å². The Kier molecular flexibility index (Phi) is 5.62. The molecule has 0 aliphatic rings. The Labute approximate surface area is 124 Å². The van der Waals surface area contributed by atoms with Gasteiger partial charge in [0.15, 0.2) is 0 Å². The summed E-state index contributed by atoms with van der Waals surface area (Å²) in [5, 5.41) is 3.75. The van der Waals surface area contributed by atoms with E-state index in [1.807, 2.05) is 19.2 Å². The Balaban J connectivity index is 2.18. The zero-order chi connectivity index (χ0) is 14.4. The number of halogens is 1. The van der Waals surface area contributed by atoms with Crippen LogP contribution in [0, 0.1) is 5.82 Å². The Hall–Kier alpha value is -1.32. The summed E-state index contributed by atoms with van der Waals surface area (Å²) in [4.78, 5) is 0.980. The van der Waals surface area contributed by atoms with Crippen LogP contribution in [0.2, 0.25) is 0 Å². The Morgan fingerprint density at radius 1 is 1.10 bits per heavy atom. The minimum absolute atomic E-state index is 0.175. The number of hydrogen-bond donors (Lipinski definition) is 1. The van der Waals surface area contributed by atoms with Crippen molar-refractivity contribution in [1.82, 2.24) is 5.32 Å². The molecular formula is C17H20FNS. The van der Waals surface area contributed by atoms with E-state index in [9.17, 15) is 4.39 Å². The lowest BCUT2D eigenvalue weighted by molar-refractivity contribution is 0.555. The number of thioether (sulfide) groups is 1. The van der Waals surface area contributed by atoms with E-state index in [0.717, 1.165) is 11.3 Å². The Morgan fingerprint density at radius 3 is 2.45 bits per heavy atom. The monoisotopic (exact) mass is 289 g/mol. The quantitative estimate of drug-likeness (QED) is 0.776. The molecule has 0 aliphatic carbocycles. The molecule has 2 aromatic rings. The van der Waals surface area contributed by atoms with Crippen LogP contribution >= 0.6 is 11.8 Å². The van der Waals surface area contributed by atoms with Gasteiger partial charge in [0.2, 0.25) is 0 Å². The maximum atomic E-state index is 13.3. The summed E-state index contributed by atoms with van der Waals surface area (Å²) in [6.45, 7) is 2.17. The second-order valence-corrected chi connectivity index (χ2v) is 6.01. The zero-order valence-corrected chi connectivity index (χ0v) is 12.7. The van der Waals surface area contributed by atoms with E-state index in [4.69, 9.17) is 0 Å². The van der Waals surface area contributed by atoms with Gasteiger partial charge in [-0.1, -0.05) is 43.3 Å². The van der Waals surface area contributed by atoms with Crippen molar-refractivity contribution in [2.24, 2.45) is 0 Å². The van der Waals surface area contributed by atoms with Gasteiger partial charge in [0.1, 0.15) is 5.82 Å². The fourth-order valence-corrected chi connectivity index (χ4v) is 3.61. The third-order valence-corrected chi connectivity index (χ3v) is 4.76. The maximum absolute atomic E-state index is 13.3. The van der Waals surface area contributed by atoms with Crippen LogP contribution in [0.1, 0.15) is 24.9 Å². The first-order valence-corrected chi connectivity index (χ1v) is 7.77. The molecule has 0 saturated heterocycles. The highest BCUT2D eigenvalue weighted by Crippen LogP contribution is 2.34. The topological polar surface area (TPSA) is 12.0 Å². The second kappa shape index (κ2) is 7.46. The zero-order valence-electron chi connectivity index (χ0n) is 11.8. The molecule has 106 valence electrons. The molecule has 1 N–H and O–H groups in total. The summed E-state index contributed by atoms with van der Waals surface area (Å²) in [7, 11) is 1.98. The molecule has 0 fully saturated rings. The van der Waals surface area contributed by atoms with Crippen LogP contribution in [-0.4, -0.2) is 12.3 Å². The smallest absolute Gasteiger partial charge is 0.124 e. The first kappa shape index (κ1) is 15.1. The lowest BCUT2D eigenvalue weighted by atomic mass is 10.0. The van der Waals surface area contributed by atoms with Crippen LogP contribution < -0.4 is 5.32 Å². The van der Waals surface area contributed by atoms with E-state index >= 15 is 0 Å². The Bertz CT molecular complexity index is 530. The molecule has 0 saturated carbocycles. The van der Waals surface area contributed by atoms with Gasteiger partial charge < -0.3 is 5.32 Å². The third-order valence-electron chi connectivity index (χ3n) is 3.33. The minimum Gasteiger partial charge on any atom is -0.312 e. The Morgan fingerprint density at radius 2 is 1.85 bits per heavy atom. The number of benzene rings is 2. The first-order chi connectivity index (χ1) is 9.74. The van der Waals surface area contributed by atoms with Gasteiger partial charge in [-0.3, -0.25) is 0 Å². The van der Waals surface area contributed by atoms with E-state index in [0.29, 0.717) is 5.25 Å². The van der Waals surface area contributed by atoms with Crippen LogP contribution in [-0.2, 0) is 0 Å². The van der Waals surface area contributed by atoms with E-state index in [1.54, 1.807) is 23.9 Å². The second-order valence-electron chi connectivity index (χ2n) is 4.70. The van der Waals surface area contributed by atoms with E-state index in [1.165, 1.54) is 11.6 Å². The van der Waals surface area contributed by atoms with Crippen LogP contribution in [0.4, 0.5) is 4.39 Å². The van der Waals surface area contributed by atoms with Gasteiger partial charge >= 0.3 is 0 Å². The number of rotatable bonds is 6. The summed E-state index contributed by atoms with van der Waals surface area (Å²) >= 11 is 1.73. The minimum atomic E-state index is -0.175. The van der Waals surface area contributed by atoms with Crippen molar-refractivity contribution in [2.45, 2.75) is 29.5 Å². The fourth-order valence-electron chi connectivity index (χ4n) is 2.33. The highest BCUT2D eigenvalue weighted by molar-refractivity contribution is 8.00. The van der Waals surface area contributed by atoms with Crippen molar-refractivity contribution >= 4 is 11.8 Å². The SMILES string of the molecule is CCC(Sc1cccc(F)c1)C(NC)c1ccccc1. The van der Waals surface area contributed by atoms with E-state index in [-0.39, 0.29) is 11.9 Å². The predicted octanol–water partition coefficient (Wildman–Crippen LogP) is 4.66. The molecule has 2 unspecified atom stereocenters. The largest absolute Gasteiger partial charge is 0.312 e. The number of hydrogen-bond acceptors (Lipinski definition) is 2. The van der Waals surface area contributed by atoms with Crippen molar-refractivity contribution in [3.05, 3.63) is 66.0 Å². The maximum Gasteiger partial charge on any atom is 0.124 e. The van der Waals surface area contributed by atoms with Gasteiger partial charge in [0.05, 0.1) is 0 Å². The molecule has 1 nitrogen and oxygen atoms in total.